The highest BCUT2D eigenvalue weighted by atomic mass is 35.5. The van der Waals surface area contributed by atoms with Crippen LogP contribution in [0.3, 0.4) is 0 Å². The molecule has 0 saturated heterocycles. The molecule has 0 spiro atoms. The number of rotatable bonds is 3. The molecule has 1 unspecified atom stereocenters. The minimum absolute atomic E-state index is 0.319. The number of nitrogens with one attached hydrogen (secondary N) is 1. The maximum atomic E-state index is 10.8. The zero-order chi connectivity index (χ0) is 20.0. The van der Waals surface area contributed by atoms with Crippen molar-refractivity contribution in [3.63, 3.8) is 0 Å². The van der Waals surface area contributed by atoms with Gasteiger partial charge in [-0.3, -0.25) is 0 Å². The van der Waals surface area contributed by atoms with Gasteiger partial charge in [-0.25, -0.2) is 4.98 Å². The van der Waals surface area contributed by atoms with Crippen LogP contribution in [-0.2, 0) is 0 Å². The lowest BCUT2D eigenvalue weighted by Crippen LogP contribution is -2.31. The van der Waals surface area contributed by atoms with Gasteiger partial charge in [-0.15, -0.1) is 0 Å². The molecule has 4 rings (SSSR count). The summed E-state index contributed by atoms with van der Waals surface area (Å²) in [5.41, 5.74) is 1.57. The molecule has 8 nitrogen and oxygen atoms in total. The second kappa shape index (κ2) is 7.38. The van der Waals surface area contributed by atoms with Crippen LogP contribution in [0.25, 0.3) is 11.0 Å². The Morgan fingerprint density at radius 3 is 2.71 bits per heavy atom. The van der Waals surface area contributed by atoms with Crippen molar-refractivity contribution in [1.82, 2.24) is 14.5 Å². The molecule has 6 N–H and O–H groups in total. The van der Waals surface area contributed by atoms with Crippen LogP contribution in [-0.4, -0.2) is 42.1 Å². The van der Waals surface area contributed by atoms with Gasteiger partial charge in [0.1, 0.15) is 11.8 Å². The molecule has 2 aromatic heterocycles. The summed E-state index contributed by atoms with van der Waals surface area (Å²) in [6.45, 7) is 0. The van der Waals surface area contributed by atoms with Crippen molar-refractivity contribution in [3.05, 3.63) is 57.9 Å². The van der Waals surface area contributed by atoms with E-state index in [1.807, 2.05) is 0 Å². The highest BCUT2D eigenvalue weighted by Gasteiger charge is 2.46. The molecule has 28 heavy (non-hydrogen) atoms. The number of hydrogen-bond donors (Lipinski definition) is 5. The standard InChI is InChI=1S/C18H19Cl2N5O3/c19-11-2-1-8(5-12(11)20)14(26)10-6-13(16(28)15(10)27)25-4-3-9-17(24-21)22-7-23-18(9)25/h1-5,7,10,13-16,26-28H,6,21H2,(H,22,23,24)/t10-,13-,14?,15-,16+/m1/s1. The van der Waals surface area contributed by atoms with Crippen LogP contribution in [0.4, 0.5) is 0 Å². The lowest BCUT2D eigenvalue weighted by atomic mass is 9.92. The van der Waals surface area contributed by atoms with Gasteiger partial charge in [0.2, 0.25) is 0 Å². The maximum absolute atomic E-state index is 10.8. The number of aliphatic hydroxyl groups is 3. The summed E-state index contributed by atoms with van der Waals surface area (Å²) < 4.78 is 1.81. The zero-order valence-corrected chi connectivity index (χ0v) is 16.1. The number of halogens is 2. The van der Waals surface area contributed by atoms with Crippen LogP contribution in [0.15, 0.2) is 41.9 Å². The van der Waals surface area contributed by atoms with E-state index in [0.29, 0.717) is 38.6 Å². The molecular weight excluding hydrogens is 405 g/mol. The Labute approximate surface area is 169 Å². The van der Waals surface area contributed by atoms with E-state index < -0.39 is 30.3 Å². The number of aromatic amines is 1. The third-order valence-electron chi connectivity index (χ3n) is 5.41. The lowest BCUT2D eigenvalue weighted by Gasteiger charge is -2.22. The minimum atomic E-state index is -1.12. The molecule has 1 fully saturated rings. The summed E-state index contributed by atoms with van der Waals surface area (Å²) in [5.74, 6) is 4.79. The van der Waals surface area contributed by atoms with Crippen molar-refractivity contribution < 1.29 is 15.3 Å². The molecule has 5 atom stereocenters. The van der Waals surface area contributed by atoms with Gasteiger partial charge in [-0.1, -0.05) is 29.3 Å². The quantitative estimate of drug-likeness (QED) is 0.321. The summed E-state index contributed by atoms with van der Waals surface area (Å²) in [6, 6.07) is 6.15. The Hall–Kier alpha value is -2.10. The molecule has 0 amide bonds. The van der Waals surface area contributed by atoms with Crippen LogP contribution in [0, 0.1) is 5.92 Å². The van der Waals surface area contributed by atoms with Gasteiger partial charge in [0.05, 0.1) is 40.0 Å². The molecule has 1 saturated carbocycles. The monoisotopic (exact) mass is 423 g/mol. The first-order valence-corrected chi connectivity index (χ1v) is 9.45. The summed E-state index contributed by atoms with van der Waals surface area (Å²) in [6.07, 6.45) is 0.381. The smallest absolute Gasteiger partial charge is 0.183 e. The van der Waals surface area contributed by atoms with Gasteiger partial charge in [0.15, 0.2) is 5.49 Å². The summed E-state index contributed by atoms with van der Waals surface area (Å²) in [7, 11) is 0. The number of H-pyrrole nitrogens is 1. The number of benzene rings is 1. The largest absolute Gasteiger partial charge is 0.390 e. The van der Waals surface area contributed by atoms with E-state index in [-0.39, 0.29) is 0 Å². The van der Waals surface area contributed by atoms with E-state index >= 15 is 0 Å². The van der Waals surface area contributed by atoms with Crippen molar-refractivity contribution in [2.24, 2.45) is 16.9 Å². The SMILES string of the molecule is N/N=c1/nc[nH]c2c1ccn2[C@@H]1C[C@H](C(O)c2ccc(Cl)c(Cl)c2)[C@@H](O)[C@H]1O. The number of aliphatic hydroxyl groups excluding tert-OH is 3. The van der Waals surface area contributed by atoms with Gasteiger partial charge < -0.3 is 30.7 Å². The van der Waals surface area contributed by atoms with Crippen LogP contribution < -0.4 is 11.3 Å². The normalized spacial score (nSPS) is 26.8. The first-order valence-electron chi connectivity index (χ1n) is 8.69. The Kier molecular flexibility index (Phi) is 5.07. The minimum Gasteiger partial charge on any atom is -0.390 e. The van der Waals surface area contributed by atoms with E-state index in [1.54, 1.807) is 35.0 Å². The van der Waals surface area contributed by atoms with Crippen molar-refractivity contribution in [1.29, 1.82) is 0 Å². The predicted octanol–water partition coefficient (Wildman–Crippen LogP) is 1.46. The molecular formula is C18H19Cl2N5O3. The molecule has 0 aliphatic heterocycles. The molecule has 1 aliphatic rings. The molecule has 0 radical (unpaired) electrons. The Bertz CT molecular complexity index is 1080. The van der Waals surface area contributed by atoms with Crippen LogP contribution in [0.5, 0.6) is 0 Å². The lowest BCUT2D eigenvalue weighted by molar-refractivity contribution is -0.0264. The van der Waals surface area contributed by atoms with Gasteiger partial charge >= 0.3 is 0 Å². The van der Waals surface area contributed by atoms with E-state index in [2.05, 4.69) is 15.1 Å². The second-order valence-electron chi connectivity index (χ2n) is 6.91. The molecule has 1 aliphatic carbocycles. The number of aromatic nitrogens is 3. The third kappa shape index (κ3) is 3.07. The van der Waals surface area contributed by atoms with E-state index in [9.17, 15) is 15.3 Å². The second-order valence-corrected chi connectivity index (χ2v) is 7.72. The molecule has 1 aromatic carbocycles. The maximum Gasteiger partial charge on any atom is 0.183 e. The van der Waals surface area contributed by atoms with Crippen molar-refractivity contribution in [2.45, 2.75) is 30.8 Å². The van der Waals surface area contributed by atoms with Gasteiger partial charge in [0.25, 0.3) is 0 Å². The number of fused-ring (bicyclic) bond motifs is 1. The zero-order valence-electron chi connectivity index (χ0n) is 14.6. The van der Waals surface area contributed by atoms with Crippen molar-refractivity contribution in [3.8, 4) is 0 Å². The number of nitrogens with two attached hydrogens (primary N) is 1. The summed E-state index contributed by atoms with van der Waals surface area (Å²) in [4.78, 5) is 7.09. The number of hydrogen-bond acceptors (Lipinski definition) is 6. The predicted molar refractivity (Wildman–Crippen MR) is 104 cm³/mol. The highest BCUT2D eigenvalue weighted by Crippen LogP contribution is 2.43. The van der Waals surface area contributed by atoms with E-state index in [4.69, 9.17) is 29.0 Å². The van der Waals surface area contributed by atoms with Crippen LogP contribution in [0.1, 0.15) is 24.1 Å². The van der Waals surface area contributed by atoms with E-state index in [1.165, 1.54) is 6.33 Å². The average molecular weight is 424 g/mol. The molecule has 0 bridgehead atoms. The molecule has 148 valence electrons. The average Bonchev–Trinajstić information content (AvgIpc) is 3.25. The van der Waals surface area contributed by atoms with Crippen molar-refractivity contribution in [2.75, 3.05) is 0 Å². The Morgan fingerprint density at radius 1 is 1.21 bits per heavy atom. The van der Waals surface area contributed by atoms with E-state index in [0.717, 1.165) is 0 Å². The first kappa shape index (κ1) is 19.2. The summed E-state index contributed by atoms with van der Waals surface area (Å²) in [5, 5.41) is 37.1. The van der Waals surface area contributed by atoms with Gasteiger partial charge in [-0.2, -0.15) is 5.10 Å². The third-order valence-corrected chi connectivity index (χ3v) is 6.15. The fourth-order valence-electron chi connectivity index (χ4n) is 3.96. The number of nitrogens with zero attached hydrogens (tertiary/aromatic N) is 3. The van der Waals surface area contributed by atoms with Crippen LogP contribution >= 0.6 is 23.2 Å². The Morgan fingerprint density at radius 2 is 2.00 bits per heavy atom. The van der Waals surface area contributed by atoms with Crippen LogP contribution in [0.2, 0.25) is 10.0 Å². The fraction of sp³-hybridized carbons (Fsp3) is 0.333. The molecule has 3 aromatic rings. The molecule has 2 heterocycles. The van der Waals surface area contributed by atoms with Gasteiger partial charge in [-0.05, 0) is 30.2 Å². The molecule has 10 heteroatoms. The highest BCUT2D eigenvalue weighted by molar-refractivity contribution is 6.42. The first-order chi connectivity index (χ1) is 13.4. The van der Waals surface area contributed by atoms with Crippen molar-refractivity contribution >= 4 is 34.2 Å². The topological polar surface area (TPSA) is 133 Å². The van der Waals surface area contributed by atoms with Gasteiger partial charge in [0, 0.05) is 12.1 Å². The summed E-state index contributed by atoms with van der Waals surface area (Å²) >= 11 is 12.0. The Balaban J connectivity index is 1.67. The fourth-order valence-corrected chi connectivity index (χ4v) is 4.27.